The molecule has 4 rings (SSSR count). The number of carbonyl (C=O) groups excluding carboxylic acids is 2. The van der Waals surface area contributed by atoms with Gasteiger partial charge in [0.15, 0.2) is 5.82 Å². The molecule has 0 aliphatic carbocycles. The minimum absolute atomic E-state index is 0.0466. The highest BCUT2D eigenvalue weighted by Gasteiger charge is 2.34. The summed E-state index contributed by atoms with van der Waals surface area (Å²) in [7, 11) is 1.57. The van der Waals surface area contributed by atoms with Crippen molar-refractivity contribution in [1.82, 2.24) is 25.0 Å². The number of hydrogen-bond donors (Lipinski definition) is 1. The van der Waals surface area contributed by atoms with E-state index >= 15 is 0 Å². The quantitative estimate of drug-likeness (QED) is 0.710. The van der Waals surface area contributed by atoms with Crippen molar-refractivity contribution in [2.24, 2.45) is 0 Å². The maximum atomic E-state index is 13.2. The maximum absolute atomic E-state index is 13.2. The fourth-order valence-electron chi connectivity index (χ4n) is 3.92. The summed E-state index contributed by atoms with van der Waals surface area (Å²) in [6, 6.07) is 17.4. The van der Waals surface area contributed by atoms with E-state index in [1.165, 1.54) is 5.56 Å². The van der Waals surface area contributed by atoms with E-state index in [1.54, 1.807) is 11.9 Å². The molecule has 0 bridgehead atoms. The normalized spacial score (nSPS) is 15.5. The van der Waals surface area contributed by atoms with Crippen LogP contribution in [-0.4, -0.2) is 45.1 Å². The van der Waals surface area contributed by atoms with Crippen molar-refractivity contribution >= 4 is 11.8 Å². The van der Waals surface area contributed by atoms with Gasteiger partial charge in [0.1, 0.15) is 0 Å². The predicted octanol–water partition coefficient (Wildman–Crippen LogP) is 2.84. The van der Waals surface area contributed by atoms with E-state index in [0.29, 0.717) is 24.5 Å². The zero-order valence-corrected chi connectivity index (χ0v) is 17.2. The fourth-order valence-corrected chi connectivity index (χ4v) is 3.92. The standard InChI is InChI=1S/C23H25N5O2/c1-3-7-16-10-12-18(13-11-16)23(30)27-14-19(17-8-5-4-6-9-17)28-20(15-27)25-26-21(28)22(29)24-2/h4-6,8-13,19H,3,7,14-15H2,1-2H3,(H,24,29). The highest BCUT2D eigenvalue weighted by atomic mass is 16.2. The van der Waals surface area contributed by atoms with Gasteiger partial charge in [-0.2, -0.15) is 0 Å². The van der Waals surface area contributed by atoms with Gasteiger partial charge in [0, 0.05) is 19.2 Å². The van der Waals surface area contributed by atoms with Crippen LogP contribution in [0.1, 0.15) is 57.3 Å². The molecule has 1 aliphatic heterocycles. The number of amides is 2. The fraction of sp³-hybridized carbons (Fsp3) is 0.304. The van der Waals surface area contributed by atoms with Gasteiger partial charge < -0.3 is 10.2 Å². The van der Waals surface area contributed by atoms with Gasteiger partial charge in [-0.3, -0.25) is 14.2 Å². The molecule has 1 atom stereocenters. The first kappa shape index (κ1) is 19.8. The Bertz CT molecular complexity index is 1040. The summed E-state index contributed by atoms with van der Waals surface area (Å²) < 4.78 is 1.85. The second-order valence-corrected chi connectivity index (χ2v) is 7.45. The number of aromatic nitrogens is 3. The average Bonchev–Trinajstić information content (AvgIpc) is 3.23. The predicted molar refractivity (Wildman–Crippen MR) is 113 cm³/mol. The highest BCUT2D eigenvalue weighted by Crippen LogP contribution is 2.29. The monoisotopic (exact) mass is 403 g/mol. The van der Waals surface area contributed by atoms with E-state index in [-0.39, 0.29) is 23.7 Å². The number of aryl methyl sites for hydroxylation is 1. The molecule has 30 heavy (non-hydrogen) atoms. The molecular formula is C23H25N5O2. The molecule has 0 saturated heterocycles. The number of fused-ring (bicyclic) bond motifs is 1. The van der Waals surface area contributed by atoms with Gasteiger partial charge in [-0.05, 0) is 29.7 Å². The minimum Gasteiger partial charge on any atom is -0.352 e. The SMILES string of the molecule is CCCc1ccc(C(=O)N2Cc3nnc(C(=O)NC)n3C(c3ccccc3)C2)cc1. The van der Waals surface area contributed by atoms with Gasteiger partial charge in [0.25, 0.3) is 11.8 Å². The molecule has 0 spiro atoms. The van der Waals surface area contributed by atoms with Crippen LogP contribution in [0.15, 0.2) is 54.6 Å². The van der Waals surface area contributed by atoms with Gasteiger partial charge in [-0.25, -0.2) is 0 Å². The van der Waals surface area contributed by atoms with E-state index < -0.39 is 0 Å². The summed E-state index contributed by atoms with van der Waals surface area (Å²) in [5, 5.41) is 11.0. The van der Waals surface area contributed by atoms with Crippen LogP contribution in [0.2, 0.25) is 0 Å². The first-order chi connectivity index (χ1) is 14.6. The van der Waals surface area contributed by atoms with Crippen molar-refractivity contribution in [3.8, 4) is 0 Å². The summed E-state index contributed by atoms with van der Waals surface area (Å²) in [4.78, 5) is 27.4. The zero-order valence-electron chi connectivity index (χ0n) is 17.2. The molecule has 2 heterocycles. The van der Waals surface area contributed by atoms with Crippen LogP contribution in [0.4, 0.5) is 0 Å². The molecule has 1 N–H and O–H groups in total. The second kappa shape index (κ2) is 8.49. The Morgan fingerprint density at radius 3 is 2.47 bits per heavy atom. The third-order valence-electron chi connectivity index (χ3n) is 5.44. The average molecular weight is 403 g/mol. The Labute approximate surface area is 175 Å². The highest BCUT2D eigenvalue weighted by molar-refractivity contribution is 5.94. The van der Waals surface area contributed by atoms with Crippen molar-refractivity contribution in [2.75, 3.05) is 13.6 Å². The lowest BCUT2D eigenvalue weighted by atomic mass is 10.0. The van der Waals surface area contributed by atoms with Crippen LogP contribution < -0.4 is 5.32 Å². The van der Waals surface area contributed by atoms with Crippen molar-refractivity contribution < 1.29 is 9.59 Å². The van der Waals surface area contributed by atoms with E-state index in [0.717, 1.165) is 18.4 Å². The summed E-state index contributed by atoms with van der Waals surface area (Å²) in [6.07, 6.45) is 2.07. The Morgan fingerprint density at radius 1 is 1.07 bits per heavy atom. The molecule has 7 nitrogen and oxygen atoms in total. The van der Waals surface area contributed by atoms with E-state index in [9.17, 15) is 9.59 Å². The molecule has 3 aromatic rings. The Balaban J connectivity index is 1.68. The minimum atomic E-state index is -0.291. The van der Waals surface area contributed by atoms with Crippen molar-refractivity contribution in [1.29, 1.82) is 0 Å². The van der Waals surface area contributed by atoms with E-state index in [1.807, 2.05) is 59.2 Å². The van der Waals surface area contributed by atoms with Gasteiger partial charge in [0.2, 0.25) is 5.82 Å². The number of nitrogens with one attached hydrogen (secondary N) is 1. The lowest BCUT2D eigenvalue weighted by molar-refractivity contribution is 0.0687. The lowest BCUT2D eigenvalue weighted by Crippen LogP contribution is -2.42. The molecular weight excluding hydrogens is 378 g/mol. The van der Waals surface area contributed by atoms with Crippen LogP contribution in [0.25, 0.3) is 0 Å². The number of hydrogen-bond acceptors (Lipinski definition) is 4. The molecule has 2 aromatic carbocycles. The summed E-state index contributed by atoms with van der Waals surface area (Å²) in [5.74, 6) is 0.526. The van der Waals surface area contributed by atoms with Gasteiger partial charge in [-0.1, -0.05) is 55.8 Å². The van der Waals surface area contributed by atoms with E-state index in [4.69, 9.17) is 0 Å². The Kier molecular flexibility index (Phi) is 5.61. The van der Waals surface area contributed by atoms with Crippen molar-refractivity contribution in [2.45, 2.75) is 32.4 Å². The molecule has 7 heteroatoms. The Morgan fingerprint density at radius 2 is 1.80 bits per heavy atom. The van der Waals surface area contributed by atoms with Crippen LogP contribution in [0.3, 0.4) is 0 Å². The summed E-state index contributed by atoms with van der Waals surface area (Å²) in [5.41, 5.74) is 2.88. The first-order valence-electron chi connectivity index (χ1n) is 10.2. The topological polar surface area (TPSA) is 80.1 Å². The van der Waals surface area contributed by atoms with Crippen molar-refractivity contribution in [3.05, 3.63) is 82.9 Å². The Hall–Kier alpha value is -3.48. The zero-order chi connectivity index (χ0) is 21.1. The van der Waals surface area contributed by atoms with Gasteiger partial charge in [-0.15, -0.1) is 10.2 Å². The molecule has 154 valence electrons. The van der Waals surface area contributed by atoms with Crippen LogP contribution in [0, 0.1) is 0 Å². The largest absolute Gasteiger partial charge is 0.352 e. The summed E-state index contributed by atoms with van der Waals surface area (Å²) >= 11 is 0. The number of nitrogens with zero attached hydrogens (tertiary/aromatic N) is 4. The number of benzene rings is 2. The van der Waals surface area contributed by atoms with Gasteiger partial charge >= 0.3 is 0 Å². The number of rotatable bonds is 5. The van der Waals surface area contributed by atoms with Crippen LogP contribution in [0.5, 0.6) is 0 Å². The van der Waals surface area contributed by atoms with Crippen LogP contribution >= 0.6 is 0 Å². The third-order valence-corrected chi connectivity index (χ3v) is 5.44. The third kappa shape index (κ3) is 3.70. The molecule has 0 saturated carbocycles. The van der Waals surface area contributed by atoms with Gasteiger partial charge in [0.05, 0.1) is 12.6 Å². The molecule has 1 aliphatic rings. The summed E-state index contributed by atoms with van der Waals surface area (Å²) in [6.45, 7) is 2.89. The maximum Gasteiger partial charge on any atom is 0.289 e. The lowest BCUT2D eigenvalue weighted by Gasteiger charge is -2.34. The molecule has 0 fully saturated rings. The molecule has 1 unspecified atom stereocenters. The smallest absolute Gasteiger partial charge is 0.289 e. The molecule has 2 amide bonds. The van der Waals surface area contributed by atoms with Crippen molar-refractivity contribution in [3.63, 3.8) is 0 Å². The second-order valence-electron chi connectivity index (χ2n) is 7.45. The van der Waals surface area contributed by atoms with Crippen LogP contribution in [-0.2, 0) is 13.0 Å². The molecule has 1 aromatic heterocycles. The first-order valence-corrected chi connectivity index (χ1v) is 10.2. The molecule has 0 radical (unpaired) electrons. The van der Waals surface area contributed by atoms with E-state index in [2.05, 4.69) is 22.4 Å². The number of carbonyl (C=O) groups is 2.